The maximum Gasteiger partial charge on any atom is 0.227 e. The number of anilines is 1. The highest BCUT2D eigenvalue weighted by Crippen LogP contribution is 2.33. The third-order valence-corrected chi connectivity index (χ3v) is 3.33. The molecule has 3 nitrogen and oxygen atoms in total. The zero-order valence-electron chi connectivity index (χ0n) is 10.5. The molecule has 3 heteroatoms. The van der Waals surface area contributed by atoms with Crippen molar-refractivity contribution in [3.8, 4) is 5.75 Å². The van der Waals surface area contributed by atoms with Crippen LogP contribution in [-0.2, 0) is 11.2 Å². The second-order valence-corrected chi connectivity index (χ2v) is 4.39. The van der Waals surface area contributed by atoms with Crippen LogP contribution in [0.1, 0.15) is 32.3 Å². The molecule has 2 rings (SSSR count). The molecule has 17 heavy (non-hydrogen) atoms. The summed E-state index contributed by atoms with van der Waals surface area (Å²) in [5.41, 5.74) is 2.00. The Balaban J connectivity index is 2.14. The number of hydrogen-bond donors (Lipinski definition) is 1. The summed E-state index contributed by atoms with van der Waals surface area (Å²) in [5, 5.41) is 2.98. The van der Waals surface area contributed by atoms with E-state index in [1.807, 2.05) is 26.0 Å². The Morgan fingerprint density at radius 3 is 2.88 bits per heavy atom. The molecule has 0 atom stereocenters. The Hall–Kier alpha value is -1.51. The summed E-state index contributed by atoms with van der Waals surface area (Å²) in [6.45, 7) is 4.80. The van der Waals surface area contributed by atoms with Crippen molar-refractivity contribution in [2.24, 2.45) is 5.92 Å². The highest BCUT2D eigenvalue weighted by molar-refractivity contribution is 5.94. The fourth-order valence-corrected chi connectivity index (χ4v) is 2.21. The summed E-state index contributed by atoms with van der Waals surface area (Å²) in [6.07, 6.45) is 2.68. The summed E-state index contributed by atoms with van der Waals surface area (Å²) in [7, 11) is 0. The molecule has 1 aliphatic rings. The van der Waals surface area contributed by atoms with Crippen LogP contribution in [0.4, 0.5) is 5.69 Å². The molecular formula is C14H19NO2. The SMILES string of the molecule is CCC(CC)C(=O)Nc1cccc2c1OCC2. The van der Waals surface area contributed by atoms with Gasteiger partial charge in [-0.2, -0.15) is 0 Å². The van der Waals surface area contributed by atoms with E-state index in [0.29, 0.717) is 6.61 Å². The number of carbonyl (C=O) groups is 1. The Kier molecular flexibility index (Phi) is 3.67. The zero-order chi connectivity index (χ0) is 12.3. The molecule has 0 fully saturated rings. The van der Waals surface area contributed by atoms with Gasteiger partial charge in [0, 0.05) is 12.3 Å². The molecule has 1 aliphatic heterocycles. The summed E-state index contributed by atoms with van der Waals surface area (Å²) in [5.74, 6) is 1.04. The Bertz CT molecular complexity index is 411. The number of fused-ring (bicyclic) bond motifs is 1. The molecule has 0 spiro atoms. The quantitative estimate of drug-likeness (QED) is 0.868. The minimum absolute atomic E-state index is 0.0901. The van der Waals surface area contributed by atoms with Gasteiger partial charge < -0.3 is 10.1 Å². The van der Waals surface area contributed by atoms with Gasteiger partial charge in [-0.3, -0.25) is 4.79 Å². The molecule has 92 valence electrons. The molecule has 0 aromatic heterocycles. The maximum absolute atomic E-state index is 12.0. The van der Waals surface area contributed by atoms with Gasteiger partial charge in [0.2, 0.25) is 5.91 Å². The number of benzene rings is 1. The van der Waals surface area contributed by atoms with Crippen molar-refractivity contribution in [3.63, 3.8) is 0 Å². The monoisotopic (exact) mass is 233 g/mol. The maximum atomic E-state index is 12.0. The van der Waals surface area contributed by atoms with Gasteiger partial charge in [0.1, 0.15) is 5.75 Å². The van der Waals surface area contributed by atoms with Crippen molar-refractivity contribution in [1.82, 2.24) is 0 Å². The van der Waals surface area contributed by atoms with E-state index < -0.39 is 0 Å². The number of hydrogen-bond acceptors (Lipinski definition) is 2. The van der Waals surface area contributed by atoms with Crippen LogP contribution in [-0.4, -0.2) is 12.5 Å². The molecule has 0 bridgehead atoms. The van der Waals surface area contributed by atoms with Gasteiger partial charge in [-0.05, 0) is 24.5 Å². The third kappa shape index (κ3) is 2.43. The minimum Gasteiger partial charge on any atom is -0.491 e. The highest BCUT2D eigenvalue weighted by atomic mass is 16.5. The zero-order valence-corrected chi connectivity index (χ0v) is 10.5. The van der Waals surface area contributed by atoms with E-state index in [1.54, 1.807) is 0 Å². The molecule has 0 radical (unpaired) electrons. The summed E-state index contributed by atoms with van der Waals surface area (Å²) in [6, 6.07) is 5.93. The first-order valence-corrected chi connectivity index (χ1v) is 6.31. The van der Waals surface area contributed by atoms with Crippen molar-refractivity contribution in [2.75, 3.05) is 11.9 Å². The fraction of sp³-hybridized carbons (Fsp3) is 0.500. The van der Waals surface area contributed by atoms with Crippen LogP contribution < -0.4 is 10.1 Å². The fourth-order valence-electron chi connectivity index (χ4n) is 2.21. The highest BCUT2D eigenvalue weighted by Gasteiger charge is 2.20. The molecule has 0 saturated carbocycles. The van der Waals surface area contributed by atoms with Crippen LogP contribution in [0.3, 0.4) is 0 Å². The van der Waals surface area contributed by atoms with Crippen LogP contribution in [0.25, 0.3) is 0 Å². The van der Waals surface area contributed by atoms with Crippen molar-refractivity contribution in [2.45, 2.75) is 33.1 Å². The summed E-state index contributed by atoms with van der Waals surface area (Å²) >= 11 is 0. The number of para-hydroxylation sites is 1. The largest absolute Gasteiger partial charge is 0.491 e. The number of amides is 1. The van der Waals surface area contributed by atoms with Gasteiger partial charge in [-0.25, -0.2) is 0 Å². The molecule has 1 aromatic carbocycles. The van der Waals surface area contributed by atoms with E-state index in [4.69, 9.17) is 4.74 Å². The molecule has 0 unspecified atom stereocenters. The molecule has 0 saturated heterocycles. The van der Waals surface area contributed by atoms with E-state index in [2.05, 4.69) is 11.4 Å². The minimum atomic E-state index is 0.0901. The van der Waals surface area contributed by atoms with Crippen molar-refractivity contribution in [1.29, 1.82) is 0 Å². The number of carbonyl (C=O) groups excluding carboxylic acids is 1. The smallest absolute Gasteiger partial charge is 0.227 e. The normalized spacial score (nSPS) is 13.4. The Morgan fingerprint density at radius 1 is 1.41 bits per heavy atom. The van der Waals surface area contributed by atoms with Gasteiger partial charge in [0.25, 0.3) is 0 Å². The van der Waals surface area contributed by atoms with Crippen LogP contribution in [0.15, 0.2) is 18.2 Å². The van der Waals surface area contributed by atoms with Crippen molar-refractivity contribution >= 4 is 11.6 Å². The lowest BCUT2D eigenvalue weighted by atomic mass is 10.0. The van der Waals surface area contributed by atoms with Gasteiger partial charge in [0.05, 0.1) is 12.3 Å². The van der Waals surface area contributed by atoms with Crippen molar-refractivity contribution < 1.29 is 9.53 Å². The molecule has 1 heterocycles. The average molecular weight is 233 g/mol. The summed E-state index contributed by atoms with van der Waals surface area (Å²) in [4.78, 5) is 12.0. The lowest BCUT2D eigenvalue weighted by Gasteiger charge is -2.14. The molecular weight excluding hydrogens is 214 g/mol. The average Bonchev–Trinajstić information content (AvgIpc) is 2.80. The summed E-state index contributed by atoms with van der Waals surface area (Å²) < 4.78 is 5.56. The predicted octanol–water partition coefficient (Wildman–Crippen LogP) is 3.00. The van der Waals surface area contributed by atoms with E-state index in [9.17, 15) is 4.79 Å². The standard InChI is InChI=1S/C14H19NO2/c1-3-10(4-2)14(16)15-12-7-5-6-11-8-9-17-13(11)12/h5-7,10H,3-4,8-9H2,1-2H3,(H,15,16). The lowest BCUT2D eigenvalue weighted by Crippen LogP contribution is -2.21. The van der Waals surface area contributed by atoms with Crippen LogP contribution in [0, 0.1) is 5.92 Å². The van der Waals surface area contributed by atoms with E-state index >= 15 is 0 Å². The second kappa shape index (κ2) is 5.21. The molecule has 0 aliphatic carbocycles. The van der Waals surface area contributed by atoms with E-state index in [1.165, 1.54) is 5.56 Å². The predicted molar refractivity (Wildman–Crippen MR) is 68.3 cm³/mol. The number of ether oxygens (including phenoxy) is 1. The van der Waals surface area contributed by atoms with Crippen LogP contribution in [0.2, 0.25) is 0 Å². The lowest BCUT2D eigenvalue weighted by molar-refractivity contribution is -0.120. The van der Waals surface area contributed by atoms with E-state index in [0.717, 1.165) is 30.7 Å². The number of rotatable bonds is 4. The third-order valence-electron chi connectivity index (χ3n) is 3.33. The van der Waals surface area contributed by atoms with Gasteiger partial charge in [-0.1, -0.05) is 26.0 Å². The number of nitrogens with one attached hydrogen (secondary N) is 1. The van der Waals surface area contributed by atoms with Crippen molar-refractivity contribution in [3.05, 3.63) is 23.8 Å². The van der Waals surface area contributed by atoms with Crippen LogP contribution >= 0.6 is 0 Å². The van der Waals surface area contributed by atoms with Crippen LogP contribution in [0.5, 0.6) is 5.75 Å². The van der Waals surface area contributed by atoms with E-state index in [-0.39, 0.29) is 11.8 Å². The van der Waals surface area contributed by atoms with Gasteiger partial charge in [-0.15, -0.1) is 0 Å². The Labute approximate surface area is 102 Å². The molecule has 1 N–H and O–H groups in total. The van der Waals surface area contributed by atoms with Gasteiger partial charge >= 0.3 is 0 Å². The topological polar surface area (TPSA) is 38.3 Å². The molecule has 1 aromatic rings. The Morgan fingerprint density at radius 2 is 2.18 bits per heavy atom. The van der Waals surface area contributed by atoms with Gasteiger partial charge in [0.15, 0.2) is 0 Å². The molecule has 1 amide bonds. The first kappa shape index (κ1) is 12.0. The second-order valence-electron chi connectivity index (χ2n) is 4.39. The first-order chi connectivity index (χ1) is 8.26. The first-order valence-electron chi connectivity index (χ1n) is 6.31.